The largest absolute Gasteiger partial charge is 0.508 e. The van der Waals surface area contributed by atoms with Crippen molar-refractivity contribution in [3.05, 3.63) is 126 Å². The third-order valence-corrected chi connectivity index (χ3v) is 5.46. The van der Waals surface area contributed by atoms with E-state index in [2.05, 4.69) is 26.0 Å². The monoisotopic (exact) mass is 505 g/mol. The number of aromatic nitrogens is 2. The molecule has 0 saturated heterocycles. The van der Waals surface area contributed by atoms with Gasteiger partial charge in [0.05, 0.1) is 11.3 Å². The first kappa shape index (κ1) is 24.3. The fourth-order valence-electron chi connectivity index (χ4n) is 3.63. The van der Waals surface area contributed by atoms with E-state index in [9.17, 15) is 9.90 Å². The highest BCUT2D eigenvalue weighted by atomic mass is 16.5. The maximum absolute atomic E-state index is 12.6. The van der Waals surface area contributed by atoms with Gasteiger partial charge in [-0.1, -0.05) is 77.9 Å². The minimum Gasteiger partial charge on any atom is -0.508 e. The molecule has 38 heavy (non-hydrogen) atoms. The standard InChI is InChI=1S/C29H23N5O4/c35-23-17-15-22(16-18-23)26(21-11-5-2-6-12-21)31-33-28(36)30-29-34-32-27(38-29)24-13-7-8-14-25(24)37-19-20-9-3-1-4-10-20/h1-18,35H,19H2,(H2,30,33,34,36)/b31-26-. The lowest BCUT2D eigenvalue weighted by molar-refractivity contribution is 0.252. The van der Waals surface area contributed by atoms with Crippen LogP contribution in [0.1, 0.15) is 16.7 Å². The number of nitrogens with one attached hydrogen (secondary N) is 2. The fourth-order valence-corrected chi connectivity index (χ4v) is 3.63. The smallest absolute Gasteiger partial charge is 0.343 e. The van der Waals surface area contributed by atoms with Crippen molar-refractivity contribution in [1.29, 1.82) is 0 Å². The zero-order valence-corrected chi connectivity index (χ0v) is 20.1. The first-order valence-electron chi connectivity index (χ1n) is 11.7. The number of amides is 2. The lowest BCUT2D eigenvalue weighted by atomic mass is 10.0. The number of rotatable bonds is 8. The van der Waals surface area contributed by atoms with Gasteiger partial charge in [0.25, 0.3) is 5.89 Å². The van der Waals surface area contributed by atoms with Crippen LogP contribution in [0.25, 0.3) is 11.5 Å². The summed E-state index contributed by atoms with van der Waals surface area (Å²) < 4.78 is 11.6. The molecule has 0 radical (unpaired) electrons. The number of aromatic hydroxyl groups is 1. The molecule has 9 heteroatoms. The predicted molar refractivity (Wildman–Crippen MR) is 143 cm³/mol. The third-order valence-electron chi connectivity index (χ3n) is 5.46. The van der Waals surface area contributed by atoms with Crippen LogP contribution in [0.5, 0.6) is 11.5 Å². The van der Waals surface area contributed by atoms with E-state index in [1.807, 2.05) is 78.9 Å². The van der Waals surface area contributed by atoms with Gasteiger partial charge in [0.15, 0.2) is 0 Å². The molecule has 9 nitrogen and oxygen atoms in total. The first-order valence-corrected chi connectivity index (χ1v) is 11.7. The van der Waals surface area contributed by atoms with E-state index in [0.717, 1.165) is 11.1 Å². The van der Waals surface area contributed by atoms with E-state index in [1.54, 1.807) is 30.3 Å². The van der Waals surface area contributed by atoms with Gasteiger partial charge in [-0.25, -0.2) is 10.2 Å². The molecule has 1 heterocycles. The third kappa shape index (κ3) is 6.03. The predicted octanol–water partition coefficient (Wildman–Crippen LogP) is 5.60. The molecular formula is C29H23N5O4. The molecular weight excluding hydrogens is 482 g/mol. The molecule has 0 atom stereocenters. The van der Waals surface area contributed by atoms with Crippen molar-refractivity contribution < 1.29 is 19.1 Å². The van der Waals surface area contributed by atoms with Crippen LogP contribution >= 0.6 is 0 Å². The van der Waals surface area contributed by atoms with Gasteiger partial charge in [-0.15, -0.1) is 5.10 Å². The van der Waals surface area contributed by atoms with E-state index >= 15 is 0 Å². The highest BCUT2D eigenvalue weighted by Crippen LogP contribution is 2.30. The zero-order valence-electron chi connectivity index (χ0n) is 20.1. The van der Waals surface area contributed by atoms with Gasteiger partial charge in [-0.3, -0.25) is 5.32 Å². The topological polar surface area (TPSA) is 122 Å². The van der Waals surface area contributed by atoms with Crippen LogP contribution in [0.15, 0.2) is 119 Å². The van der Waals surface area contributed by atoms with Crippen LogP contribution in [0.2, 0.25) is 0 Å². The van der Waals surface area contributed by atoms with Crippen molar-refractivity contribution >= 4 is 17.8 Å². The van der Waals surface area contributed by atoms with Crippen LogP contribution < -0.4 is 15.5 Å². The van der Waals surface area contributed by atoms with Crippen LogP contribution in [0, 0.1) is 0 Å². The van der Waals surface area contributed by atoms with Gasteiger partial charge < -0.3 is 14.3 Å². The first-order chi connectivity index (χ1) is 18.7. The van der Waals surface area contributed by atoms with E-state index in [1.165, 1.54) is 0 Å². The number of carbonyl (C=O) groups excluding carboxylic acids is 1. The average molecular weight is 506 g/mol. The minimum absolute atomic E-state index is 0.101. The quantitative estimate of drug-likeness (QED) is 0.187. The molecule has 5 aromatic rings. The number of benzene rings is 4. The Kier molecular flexibility index (Phi) is 7.36. The van der Waals surface area contributed by atoms with Crippen molar-refractivity contribution in [3.63, 3.8) is 0 Å². The van der Waals surface area contributed by atoms with Crippen molar-refractivity contribution in [2.75, 3.05) is 5.32 Å². The Bertz CT molecular complexity index is 1530. The molecule has 0 aliphatic rings. The summed E-state index contributed by atoms with van der Waals surface area (Å²) >= 11 is 0. The Balaban J connectivity index is 1.28. The summed E-state index contributed by atoms with van der Waals surface area (Å²) in [5, 5.41) is 24.4. The van der Waals surface area contributed by atoms with Crippen LogP contribution in [0.4, 0.5) is 10.8 Å². The normalized spacial score (nSPS) is 11.1. The number of urea groups is 1. The van der Waals surface area contributed by atoms with E-state index in [0.29, 0.717) is 29.2 Å². The maximum atomic E-state index is 12.6. The van der Waals surface area contributed by atoms with Crippen LogP contribution in [-0.4, -0.2) is 27.0 Å². The molecule has 0 aliphatic heterocycles. The summed E-state index contributed by atoms with van der Waals surface area (Å²) in [7, 11) is 0. The molecule has 188 valence electrons. The maximum Gasteiger partial charge on any atom is 0.343 e. The second-order valence-electron chi connectivity index (χ2n) is 8.12. The molecule has 3 N–H and O–H groups in total. The highest BCUT2D eigenvalue weighted by Gasteiger charge is 2.16. The minimum atomic E-state index is -0.666. The number of nitrogens with zero attached hydrogens (tertiary/aromatic N) is 3. The fraction of sp³-hybridized carbons (Fsp3) is 0.0345. The Morgan fingerprint density at radius 1 is 0.816 bits per heavy atom. The Morgan fingerprint density at radius 2 is 1.47 bits per heavy atom. The molecule has 0 bridgehead atoms. The SMILES string of the molecule is O=C(N/N=C(/c1ccccc1)c1ccc(O)cc1)Nc1nnc(-c2ccccc2OCc2ccccc2)o1. The van der Waals surface area contributed by atoms with Crippen molar-refractivity contribution in [2.24, 2.45) is 5.10 Å². The van der Waals surface area contributed by atoms with Gasteiger partial charge in [0.2, 0.25) is 0 Å². The lowest BCUT2D eigenvalue weighted by Crippen LogP contribution is -2.26. The molecule has 0 unspecified atom stereocenters. The summed E-state index contributed by atoms with van der Waals surface area (Å²) in [6.45, 7) is 0.377. The van der Waals surface area contributed by atoms with Gasteiger partial charge in [0.1, 0.15) is 18.1 Å². The van der Waals surface area contributed by atoms with Crippen LogP contribution in [-0.2, 0) is 6.61 Å². The summed E-state index contributed by atoms with van der Waals surface area (Å²) in [5.74, 6) is 0.898. The number of phenols is 1. The van der Waals surface area contributed by atoms with E-state index in [4.69, 9.17) is 9.15 Å². The lowest BCUT2D eigenvalue weighted by Gasteiger charge is -2.09. The number of hydrogen-bond donors (Lipinski definition) is 3. The van der Waals surface area contributed by atoms with Gasteiger partial charge >= 0.3 is 12.0 Å². The second-order valence-corrected chi connectivity index (χ2v) is 8.12. The Labute approximate surface area is 218 Å². The summed E-state index contributed by atoms with van der Waals surface area (Å²) in [4.78, 5) is 12.6. The molecule has 1 aromatic heterocycles. The highest BCUT2D eigenvalue weighted by molar-refractivity contribution is 6.13. The van der Waals surface area contributed by atoms with Crippen LogP contribution in [0.3, 0.4) is 0 Å². The van der Waals surface area contributed by atoms with Crippen molar-refractivity contribution in [3.8, 4) is 23.0 Å². The van der Waals surface area contributed by atoms with Gasteiger partial charge in [-0.2, -0.15) is 5.10 Å². The van der Waals surface area contributed by atoms with Crippen molar-refractivity contribution in [1.82, 2.24) is 15.6 Å². The average Bonchev–Trinajstić information content (AvgIpc) is 3.42. The second kappa shape index (κ2) is 11.5. The number of hydrogen-bond acceptors (Lipinski definition) is 7. The molecule has 2 amide bonds. The Hall–Kier alpha value is -5.44. The summed E-state index contributed by atoms with van der Waals surface area (Å²) in [6.07, 6.45) is 0. The molecule has 4 aromatic carbocycles. The van der Waals surface area contributed by atoms with Crippen molar-refractivity contribution in [2.45, 2.75) is 6.61 Å². The number of ether oxygens (including phenoxy) is 1. The zero-order chi connectivity index (χ0) is 26.2. The number of phenolic OH excluding ortho intramolecular Hbond substituents is 1. The van der Waals surface area contributed by atoms with E-state index in [-0.39, 0.29) is 17.7 Å². The number of para-hydroxylation sites is 1. The van der Waals surface area contributed by atoms with E-state index < -0.39 is 6.03 Å². The molecule has 0 aliphatic carbocycles. The summed E-state index contributed by atoms with van der Waals surface area (Å²) in [6, 6.07) is 32.2. The molecule has 0 fully saturated rings. The number of anilines is 1. The van der Waals surface area contributed by atoms with Gasteiger partial charge in [-0.05, 0) is 42.0 Å². The summed E-state index contributed by atoms with van der Waals surface area (Å²) in [5.41, 5.74) is 6.09. The number of hydrazone groups is 1. The van der Waals surface area contributed by atoms with Gasteiger partial charge in [0, 0.05) is 11.1 Å². The number of carbonyl (C=O) groups is 1. The molecule has 5 rings (SSSR count). The molecule has 0 saturated carbocycles. The Morgan fingerprint density at radius 3 is 2.24 bits per heavy atom. The molecule has 0 spiro atoms.